The Bertz CT molecular complexity index is 5050. The third-order valence-electron chi connectivity index (χ3n) is 24.2. The number of guanidine groups is 3. The highest BCUT2D eigenvalue weighted by Crippen LogP contribution is 2.32. The molecule has 0 saturated carbocycles. The maximum atomic E-state index is 14.0. The average Bonchev–Trinajstić information content (AvgIpc) is 1.76. The Morgan fingerprint density at radius 3 is 0.744 bits per heavy atom. The van der Waals surface area contributed by atoms with E-state index in [2.05, 4.69) is 120 Å². The van der Waals surface area contributed by atoms with Crippen molar-refractivity contribution in [2.75, 3.05) is 78.5 Å². The molecule has 0 aliphatic carbocycles. The lowest BCUT2D eigenvalue weighted by molar-refractivity contribution is -0.133. The summed E-state index contributed by atoms with van der Waals surface area (Å²) in [6.45, 7) is 6.05. The number of benzene rings is 12. The van der Waals surface area contributed by atoms with Crippen molar-refractivity contribution in [2.24, 2.45) is 49.4 Å². The van der Waals surface area contributed by atoms with Gasteiger partial charge in [0.05, 0.1) is 18.1 Å². The van der Waals surface area contributed by atoms with Gasteiger partial charge >= 0.3 is 0 Å². The fraction of sp³-hybridized carbons (Fsp3) is 0.286. The highest BCUT2D eigenvalue weighted by molar-refractivity contribution is 6.01. The number of aliphatic imine (C=N–C) groups is 3. The minimum Gasteiger partial charge on any atom is -0.370 e. The fourth-order valence-corrected chi connectivity index (χ4v) is 17.3. The van der Waals surface area contributed by atoms with Gasteiger partial charge in [-0.15, -0.1) is 0 Å². The van der Waals surface area contributed by atoms with Gasteiger partial charge in [-0.2, -0.15) is 0 Å². The summed E-state index contributed by atoms with van der Waals surface area (Å²) in [4.78, 5) is 99.5. The smallest absolute Gasteiger partial charge is 0.251 e. The first kappa shape index (κ1) is 92.6. The minimum atomic E-state index is -0.411. The molecule has 18 N–H and O–H groups in total. The van der Waals surface area contributed by atoms with Crippen LogP contribution in [0.5, 0.6) is 0 Å². The fourth-order valence-electron chi connectivity index (χ4n) is 17.3. The molecule has 6 atom stereocenters. The number of carbonyl (C=O) groups excluding carboxylic acids is 6. The summed E-state index contributed by atoms with van der Waals surface area (Å²) >= 11 is 0. The Labute approximate surface area is 755 Å². The van der Waals surface area contributed by atoms with Crippen molar-refractivity contribution in [3.8, 4) is 0 Å². The summed E-state index contributed by atoms with van der Waals surface area (Å²) in [6, 6.07) is 102. The molecule has 24 heteroatoms. The van der Waals surface area contributed by atoms with Gasteiger partial charge in [0.1, 0.15) is 0 Å². The molecule has 0 bridgehead atoms. The molecule has 3 fully saturated rings. The molecule has 3 heterocycles. The van der Waals surface area contributed by atoms with Gasteiger partial charge in [-0.25, -0.2) is 0 Å². The Morgan fingerprint density at radius 1 is 0.302 bits per heavy atom. The lowest BCUT2D eigenvalue weighted by Crippen LogP contribution is -2.49. The minimum absolute atomic E-state index is 0.0396. The molecule has 3 aliphatic rings. The molecule has 15 rings (SSSR count). The summed E-state index contributed by atoms with van der Waals surface area (Å²) in [7, 11) is 0. The first-order valence-electron chi connectivity index (χ1n) is 44.8. The van der Waals surface area contributed by atoms with Gasteiger partial charge in [-0.3, -0.25) is 43.7 Å². The van der Waals surface area contributed by atoms with Crippen LogP contribution < -0.4 is 66.3 Å². The van der Waals surface area contributed by atoms with Crippen molar-refractivity contribution >= 4 is 85.6 Å². The number of nitrogens with one attached hydrogen (secondary N) is 6. The highest BCUT2D eigenvalue weighted by Gasteiger charge is 2.37. The van der Waals surface area contributed by atoms with E-state index in [1.54, 1.807) is 0 Å². The van der Waals surface area contributed by atoms with Crippen molar-refractivity contribution in [1.82, 2.24) is 46.6 Å². The van der Waals surface area contributed by atoms with Crippen molar-refractivity contribution in [3.63, 3.8) is 0 Å². The molecule has 0 aromatic heterocycles. The van der Waals surface area contributed by atoms with Gasteiger partial charge in [0.15, 0.2) is 17.9 Å². The lowest BCUT2D eigenvalue weighted by Gasteiger charge is -2.29. The molecule has 3 saturated heterocycles. The number of nitrogens with two attached hydrogens (primary N) is 6. The van der Waals surface area contributed by atoms with Crippen LogP contribution in [0, 0.1) is 0 Å². The Kier molecular flexibility index (Phi) is 34.1. The second-order valence-electron chi connectivity index (χ2n) is 33.3. The van der Waals surface area contributed by atoms with Crippen molar-refractivity contribution in [2.45, 2.75) is 112 Å². The summed E-state index contributed by atoms with van der Waals surface area (Å²) in [5, 5.41) is 26.3. The number of fused-ring (bicyclic) bond motifs is 3. The molecule has 24 nitrogen and oxygen atoms in total. The van der Waals surface area contributed by atoms with Crippen LogP contribution in [0.1, 0.15) is 140 Å². The van der Waals surface area contributed by atoms with E-state index in [1.165, 1.54) is 33.4 Å². The van der Waals surface area contributed by atoms with E-state index in [-0.39, 0.29) is 89.2 Å². The maximum absolute atomic E-state index is 14.0. The zero-order valence-corrected chi connectivity index (χ0v) is 73.1. The molecule has 3 aliphatic heterocycles. The molecule has 0 spiro atoms. The molecule has 12 aromatic rings. The standard InChI is InChI=1S/3C35H40N6O2/c3*36-35(37)38-20-9-16-32-34(43)41(24-31(26-11-3-1-4-12-26)27-13-5-2-6-14-27)21-19-30(40-32)23-39-33(42)29-18-17-25-10-7-8-15-28(25)22-29/h3*1-8,10-15,17-18,22,30-32,40H,9,16,19-21,23-24H2,(H,39,42)(H4,36,37,38)/t30-,32+;2*30-,32-/m110/s1. The van der Waals surface area contributed by atoms with E-state index in [0.29, 0.717) is 153 Å². The van der Waals surface area contributed by atoms with Crippen LogP contribution in [0.15, 0.2) is 324 Å². The zero-order valence-electron chi connectivity index (χ0n) is 73.1. The van der Waals surface area contributed by atoms with Crippen LogP contribution in [0.2, 0.25) is 0 Å². The largest absolute Gasteiger partial charge is 0.370 e. The number of rotatable bonds is 33. The average molecular weight is 1730 g/mol. The van der Waals surface area contributed by atoms with E-state index >= 15 is 0 Å². The molecular weight excluding hydrogens is 1610 g/mol. The predicted molar refractivity (Wildman–Crippen MR) is 518 cm³/mol. The van der Waals surface area contributed by atoms with Crippen molar-refractivity contribution in [3.05, 3.63) is 359 Å². The Morgan fingerprint density at radius 2 is 0.519 bits per heavy atom. The highest BCUT2D eigenvalue weighted by atomic mass is 16.2. The second-order valence-corrected chi connectivity index (χ2v) is 33.3. The zero-order chi connectivity index (χ0) is 90.1. The van der Waals surface area contributed by atoms with Gasteiger partial charge < -0.3 is 81.0 Å². The number of amides is 6. The van der Waals surface area contributed by atoms with Gasteiger partial charge in [0.2, 0.25) is 17.7 Å². The van der Waals surface area contributed by atoms with Crippen LogP contribution in [-0.2, 0) is 14.4 Å². The summed E-state index contributed by atoms with van der Waals surface area (Å²) in [5.41, 5.74) is 42.0. The molecule has 129 heavy (non-hydrogen) atoms. The first-order valence-corrected chi connectivity index (χ1v) is 44.8. The second kappa shape index (κ2) is 47.5. The predicted octanol–water partition coefficient (Wildman–Crippen LogP) is 12.0. The van der Waals surface area contributed by atoms with E-state index < -0.39 is 18.1 Å². The van der Waals surface area contributed by atoms with Crippen LogP contribution in [-0.4, -0.2) is 183 Å². The monoisotopic (exact) mass is 1730 g/mol. The van der Waals surface area contributed by atoms with Gasteiger partial charge in [-0.05, 0) is 160 Å². The molecule has 6 amide bonds. The quantitative estimate of drug-likeness (QED) is 0.0103. The number of hydrogen-bond donors (Lipinski definition) is 12. The van der Waals surface area contributed by atoms with Crippen LogP contribution in [0.3, 0.4) is 0 Å². The van der Waals surface area contributed by atoms with Gasteiger partial charge in [0, 0.05) is 131 Å². The molecule has 12 aromatic carbocycles. The third-order valence-corrected chi connectivity index (χ3v) is 24.2. The van der Waals surface area contributed by atoms with Crippen LogP contribution in [0.4, 0.5) is 0 Å². The normalized spacial score (nSPS) is 17.0. The number of nitrogens with zero attached hydrogens (tertiary/aromatic N) is 6. The molecule has 666 valence electrons. The van der Waals surface area contributed by atoms with Crippen LogP contribution in [0.25, 0.3) is 32.3 Å². The van der Waals surface area contributed by atoms with Crippen molar-refractivity contribution < 1.29 is 28.8 Å². The van der Waals surface area contributed by atoms with Gasteiger partial charge in [-0.1, -0.05) is 273 Å². The van der Waals surface area contributed by atoms with Crippen molar-refractivity contribution in [1.29, 1.82) is 0 Å². The van der Waals surface area contributed by atoms with Crippen LogP contribution >= 0.6 is 0 Å². The van der Waals surface area contributed by atoms with E-state index in [9.17, 15) is 28.8 Å². The molecular formula is C105H120N18O6. The number of carbonyl (C=O) groups is 6. The van der Waals surface area contributed by atoms with E-state index in [4.69, 9.17) is 34.4 Å². The maximum Gasteiger partial charge on any atom is 0.251 e. The van der Waals surface area contributed by atoms with Gasteiger partial charge in [0.25, 0.3) is 17.7 Å². The Balaban J connectivity index is 0.000000165. The van der Waals surface area contributed by atoms with E-state index in [1.807, 2.05) is 251 Å². The number of hydrogen-bond acceptors (Lipinski definition) is 12. The molecule has 0 unspecified atom stereocenters. The summed E-state index contributed by atoms with van der Waals surface area (Å²) in [6.07, 6.45) is 5.87. The van der Waals surface area contributed by atoms with E-state index in [0.717, 1.165) is 32.3 Å². The summed E-state index contributed by atoms with van der Waals surface area (Å²) < 4.78 is 0. The SMILES string of the molecule is NC(N)=NCCC[C@@H]1N[C@@H](CNC(=O)c2ccc3ccccc3c2)CCN(CC(c2ccccc2)c2ccccc2)C1=O.NC(N)=NCCC[C@@H]1N[C@H](CNC(=O)c2ccc3ccccc3c2)CCN(CC(c2ccccc2)c2ccccc2)C1=O.NC(N)=NCCC[C@H]1N[C@@H](CNC(=O)c2ccc3ccccc3c2)CCN(CC(c2ccccc2)c2ccccc2)C1=O. The topological polar surface area (TPSA) is 378 Å². The third kappa shape index (κ3) is 27.2. The lowest BCUT2D eigenvalue weighted by atomic mass is 9.90. The molecule has 0 radical (unpaired) electrons. The summed E-state index contributed by atoms with van der Waals surface area (Å²) in [5.74, 6) is 0.0551. The Hall–Kier alpha value is -14.1. The first-order chi connectivity index (χ1) is 62.9.